The molecule has 0 saturated carbocycles. The van der Waals surface area contributed by atoms with E-state index in [2.05, 4.69) is 20.1 Å². The fourth-order valence-corrected chi connectivity index (χ4v) is 9.24. The van der Waals surface area contributed by atoms with Crippen molar-refractivity contribution in [3.63, 3.8) is 0 Å². The van der Waals surface area contributed by atoms with Crippen LogP contribution in [0.15, 0.2) is 67.8 Å². The van der Waals surface area contributed by atoms with Gasteiger partial charge in [0.25, 0.3) is 5.91 Å². The van der Waals surface area contributed by atoms with E-state index in [0.717, 1.165) is 17.2 Å². The lowest BCUT2D eigenvalue weighted by Gasteiger charge is -2.41. The number of amides is 2. The number of nitrogens with zero attached hydrogens (tertiary/aromatic N) is 2. The summed E-state index contributed by atoms with van der Waals surface area (Å²) in [5.41, 5.74) is 0.716. The van der Waals surface area contributed by atoms with E-state index < -0.39 is 28.7 Å². The maximum absolute atomic E-state index is 14.7. The number of hydrogen-bond donors (Lipinski definition) is 1. The van der Waals surface area contributed by atoms with Crippen LogP contribution in [-0.2, 0) is 19.1 Å². The summed E-state index contributed by atoms with van der Waals surface area (Å²) in [5, 5.41) is 12.1. The fraction of sp³-hybridized carbons (Fsp3) is 0.452. The van der Waals surface area contributed by atoms with E-state index in [-0.39, 0.29) is 48.7 Å². The molecule has 206 valence electrons. The van der Waals surface area contributed by atoms with Crippen molar-refractivity contribution in [2.24, 2.45) is 17.8 Å². The van der Waals surface area contributed by atoms with E-state index in [1.165, 1.54) is 0 Å². The third-order valence-corrected chi connectivity index (χ3v) is 10.7. The second-order valence-corrected chi connectivity index (χ2v) is 12.4. The molecule has 2 aromatic rings. The number of aliphatic hydroxyl groups excluding tert-OH is 1. The quantitative estimate of drug-likeness (QED) is 0.272. The van der Waals surface area contributed by atoms with Crippen molar-refractivity contribution in [3.8, 4) is 0 Å². The molecule has 2 aromatic carbocycles. The number of rotatable bonds is 10. The minimum absolute atomic E-state index is 0.0192. The molecule has 0 radical (unpaired) electrons. The summed E-state index contributed by atoms with van der Waals surface area (Å²) in [5.74, 6) is -2.14. The van der Waals surface area contributed by atoms with Crippen LogP contribution in [0.5, 0.6) is 0 Å². The lowest BCUT2D eigenvalue weighted by atomic mass is 9.66. The molecule has 3 aliphatic rings. The lowest BCUT2D eigenvalue weighted by molar-refractivity contribution is -0.154. The van der Waals surface area contributed by atoms with E-state index in [4.69, 9.17) is 4.74 Å². The molecule has 5 rings (SSSR count). The first-order valence-corrected chi connectivity index (χ1v) is 14.5. The molecule has 8 heteroatoms. The number of aliphatic hydroxyl groups is 1. The van der Waals surface area contributed by atoms with Gasteiger partial charge in [-0.1, -0.05) is 49.4 Å². The van der Waals surface area contributed by atoms with Gasteiger partial charge in [0.15, 0.2) is 0 Å². The highest BCUT2D eigenvalue weighted by atomic mass is 32.2. The van der Waals surface area contributed by atoms with Crippen LogP contribution in [0.25, 0.3) is 10.8 Å². The summed E-state index contributed by atoms with van der Waals surface area (Å²) in [6.07, 6.45) is 4.63. The first-order valence-electron chi connectivity index (χ1n) is 13.6. The maximum Gasteiger partial charge on any atom is 0.310 e. The summed E-state index contributed by atoms with van der Waals surface area (Å²) in [7, 11) is 0. The van der Waals surface area contributed by atoms with Gasteiger partial charge < -0.3 is 19.6 Å². The van der Waals surface area contributed by atoms with Gasteiger partial charge in [-0.05, 0) is 48.6 Å². The highest BCUT2D eigenvalue weighted by Crippen LogP contribution is 2.69. The van der Waals surface area contributed by atoms with E-state index in [9.17, 15) is 19.5 Å². The Labute approximate surface area is 233 Å². The average Bonchev–Trinajstić information content (AvgIpc) is 3.54. The average molecular weight is 549 g/mol. The number of thioether (sulfide) groups is 1. The molecule has 3 unspecified atom stereocenters. The number of hydrogen-bond acceptors (Lipinski definition) is 6. The van der Waals surface area contributed by atoms with Crippen LogP contribution in [0.3, 0.4) is 0 Å². The molecule has 3 heterocycles. The number of fused-ring (bicyclic) bond motifs is 2. The predicted molar refractivity (Wildman–Crippen MR) is 154 cm³/mol. The SMILES string of the molecule is C=CCCOC(=O)[C@@H]1[C@H]2C(=O)N([C@H](C)CO)C(C(=O)N(CC=C)c3ccc4ccccc4c3)C23S[C@@H]1CC3C. The highest BCUT2D eigenvalue weighted by molar-refractivity contribution is 8.02. The monoisotopic (exact) mass is 548 g/mol. The lowest BCUT2D eigenvalue weighted by Crippen LogP contribution is -2.59. The van der Waals surface area contributed by atoms with Gasteiger partial charge in [0.1, 0.15) is 6.04 Å². The molecule has 7 nitrogen and oxygen atoms in total. The maximum atomic E-state index is 14.7. The van der Waals surface area contributed by atoms with Gasteiger partial charge in [0.2, 0.25) is 5.91 Å². The van der Waals surface area contributed by atoms with Crippen molar-refractivity contribution >= 4 is 46.0 Å². The Bertz CT molecular complexity index is 1310. The van der Waals surface area contributed by atoms with Gasteiger partial charge in [-0.3, -0.25) is 14.4 Å². The van der Waals surface area contributed by atoms with Crippen molar-refractivity contribution in [2.45, 2.75) is 48.8 Å². The van der Waals surface area contributed by atoms with E-state index in [1.54, 1.807) is 40.6 Å². The number of benzene rings is 2. The van der Waals surface area contributed by atoms with Gasteiger partial charge >= 0.3 is 5.97 Å². The molecule has 1 spiro atoms. The molecule has 3 aliphatic heterocycles. The minimum atomic E-state index is -0.834. The van der Waals surface area contributed by atoms with Crippen molar-refractivity contribution < 1.29 is 24.2 Å². The smallest absolute Gasteiger partial charge is 0.310 e. The zero-order valence-corrected chi connectivity index (χ0v) is 23.3. The number of carbonyl (C=O) groups excluding carboxylic acids is 3. The van der Waals surface area contributed by atoms with Crippen molar-refractivity contribution in [3.05, 3.63) is 67.8 Å². The van der Waals surface area contributed by atoms with E-state index in [0.29, 0.717) is 12.1 Å². The van der Waals surface area contributed by atoms with E-state index >= 15 is 0 Å². The molecule has 0 aromatic heterocycles. The Hall–Kier alpha value is -3.10. The predicted octanol–water partition coefficient (Wildman–Crippen LogP) is 4.20. The third kappa shape index (κ3) is 4.28. The Morgan fingerprint density at radius 1 is 1.23 bits per heavy atom. The Morgan fingerprint density at radius 2 is 1.97 bits per heavy atom. The molecule has 3 fully saturated rings. The third-order valence-electron chi connectivity index (χ3n) is 8.62. The van der Waals surface area contributed by atoms with Crippen LogP contribution in [0, 0.1) is 17.8 Å². The van der Waals surface area contributed by atoms with Gasteiger partial charge in [-0.25, -0.2) is 0 Å². The van der Waals surface area contributed by atoms with Gasteiger partial charge in [0.05, 0.1) is 35.8 Å². The molecule has 2 bridgehead atoms. The van der Waals surface area contributed by atoms with Gasteiger partial charge in [0, 0.05) is 17.5 Å². The Balaban J connectivity index is 1.58. The number of likely N-dealkylation sites (tertiary alicyclic amines) is 1. The highest BCUT2D eigenvalue weighted by Gasteiger charge is 2.77. The van der Waals surface area contributed by atoms with Crippen molar-refractivity contribution in [1.29, 1.82) is 0 Å². The van der Waals surface area contributed by atoms with Crippen LogP contribution in [0.2, 0.25) is 0 Å². The number of ether oxygens (including phenoxy) is 1. The zero-order chi connectivity index (χ0) is 27.9. The first kappa shape index (κ1) is 27.5. The van der Waals surface area contributed by atoms with Crippen molar-refractivity contribution in [2.75, 3.05) is 24.7 Å². The zero-order valence-electron chi connectivity index (χ0n) is 22.5. The Morgan fingerprint density at radius 3 is 2.67 bits per heavy atom. The topological polar surface area (TPSA) is 87.1 Å². The van der Waals surface area contributed by atoms with Crippen LogP contribution in [-0.4, -0.2) is 69.6 Å². The van der Waals surface area contributed by atoms with Crippen LogP contribution in [0.1, 0.15) is 26.7 Å². The number of esters is 1. The van der Waals surface area contributed by atoms with E-state index in [1.807, 2.05) is 42.5 Å². The first-order chi connectivity index (χ1) is 18.8. The summed E-state index contributed by atoms with van der Waals surface area (Å²) < 4.78 is 4.78. The molecule has 39 heavy (non-hydrogen) atoms. The second-order valence-electron chi connectivity index (χ2n) is 10.8. The number of anilines is 1. The summed E-state index contributed by atoms with van der Waals surface area (Å²) in [4.78, 5) is 45.4. The fourth-order valence-electron chi connectivity index (χ4n) is 6.85. The molecule has 7 atom stereocenters. The summed E-state index contributed by atoms with van der Waals surface area (Å²) in [6.45, 7) is 11.6. The molecule has 1 N–H and O–H groups in total. The van der Waals surface area contributed by atoms with Gasteiger partial charge in [-0.2, -0.15) is 0 Å². The summed E-state index contributed by atoms with van der Waals surface area (Å²) >= 11 is 1.60. The molecule has 3 saturated heterocycles. The molecular formula is C31H36N2O5S. The Kier molecular flexibility index (Phi) is 7.62. The molecule has 2 amide bonds. The largest absolute Gasteiger partial charge is 0.465 e. The molecular weight excluding hydrogens is 512 g/mol. The summed E-state index contributed by atoms with van der Waals surface area (Å²) in [6, 6.07) is 12.4. The van der Waals surface area contributed by atoms with Crippen molar-refractivity contribution in [1.82, 2.24) is 4.90 Å². The van der Waals surface area contributed by atoms with Crippen LogP contribution in [0.4, 0.5) is 5.69 Å². The second kappa shape index (κ2) is 10.8. The standard InChI is InChI=1S/C31H36N2O5S/c1-5-7-15-38-30(37)25-24-16-19(3)31(39-24)26(25)28(35)33(20(4)18-34)27(31)29(36)32(14-6-2)23-13-12-21-10-8-9-11-22(21)17-23/h5-6,8-13,17,19-20,24-27,34H,1-2,7,14-16,18H2,3-4H3/t19?,20-,24-,25+,26+,27?,31?/m1/s1. The normalized spacial score (nSPS) is 29.8. The number of carbonyl (C=O) groups is 3. The minimum Gasteiger partial charge on any atom is -0.465 e. The van der Waals surface area contributed by atoms with Crippen LogP contribution < -0.4 is 4.90 Å². The van der Waals surface area contributed by atoms with Crippen LogP contribution >= 0.6 is 11.8 Å². The van der Waals surface area contributed by atoms with Gasteiger partial charge in [-0.15, -0.1) is 24.9 Å². The molecule has 0 aliphatic carbocycles.